The van der Waals surface area contributed by atoms with E-state index in [4.69, 9.17) is 5.84 Å². The number of nitrogens with one attached hydrogen (secondary N) is 2. The van der Waals surface area contributed by atoms with E-state index < -0.39 is 4.92 Å². The van der Waals surface area contributed by atoms with E-state index in [1.54, 1.807) is 0 Å². The summed E-state index contributed by atoms with van der Waals surface area (Å²) in [5.74, 6) is 5.95. The van der Waals surface area contributed by atoms with Crippen molar-refractivity contribution in [1.82, 2.24) is 4.98 Å². The number of nitro groups is 1. The average molecular weight is 287 g/mol. The van der Waals surface area contributed by atoms with Gasteiger partial charge >= 0.3 is 0 Å². The molecule has 1 aromatic carbocycles. The number of nitrogens with zero attached hydrogens (tertiary/aromatic N) is 2. The zero-order valence-corrected chi connectivity index (χ0v) is 11.5. The van der Waals surface area contributed by atoms with Gasteiger partial charge in [-0.15, -0.1) is 0 Å². The van der Waals surface area contributed by atoms with Gasteiger partial charge in [0.2, 0.25) is 0 Å². The van der Waals surface area contributed by atoms with Crippen LogP contribution < -0.4 is 16.6 Å². The number of nitrogens with two attached hydrogens (primary N) is 1. The van der Waals surface area contributed by atoms with E-state index in [9.17, 15) is 10.1 Å². The fourth-order valence-corrected chi connectivity index (χ4v) is 1.94. The molecule has 0 saturated carbocycles. The Balaban J connectivity index is 1.90. The third kappa shape index (κ3) is 4.43. The summed E-state index contributed by atoms with van der Waals surface area (Å²) in [5, 5.41) is 13.9. The first-order valence-electron chi connectivity index (χ1n) is 6.60. The lowest BCUT2D eigenvalue weighted by atomic mass is 10.1. The number of nitrogen functional groups attached to an aromatic ring is 1. The van der Waals surface area contributed by atoms with Gasteiger partial charge in [-0.05, 0) is 18.4 Å². The normalized spacial score (nSPS) is 10.1. The van der Waals surface area contributed by atoms with Crippen molar-refractivity contribution in [2.45, 2.75) is 12.8 Å². The summed E-state index contributed by atoms with van der Waals surface area (Å²) in [7, 11) is 0. The second-order valence-electron chi connectivity index (χ2n) is 4.51. The van der Waals surface area contributed by atoms with Crippen LogP contribution in [0.2, 0.25) is 0 Å². The highest BCUT2D eigenvalue weighted by Crippen LogP contribution is 2.20. The van der Waals surface area contributed by atoms with Crippen LogP contribution in [0.4, 0.5) is 17.3 Å². The Morgan fingerprint density at radius 3 is 2.57 bits per heavy atom. The summed E-state index contributed by atoms with van der Waals surface area (Å²) in [5.41, 5.74) is 3.53. The highest BCUT2D eigenvalue weighted by atomic mass is 16.6. The first-order chi connectivity index (χ1) is 10.2. The van der Waals surface area contributed by atoms with Crippen molar-refractivity contribution < 1.29 is 4.92 Å². The van der Waals surface area contributed by atoms with Crippen molar-refractivity contribution >= 4 is 17.3 Å². The molecule has 0 bridgehead atoms. The molecule has 0 aliphatic carbocycles. The Morgan fingerprint density at radius 2 is 1.90 bits per heavy atom. The van der Waals surface area contributed by atoms with Gasteiger partial charge in [0, 0.05) is 6.54 Å². The number of anilines is 2. The molecule has 0 amide bonds. The van der Waals surface area contributed by atoms with Gasteiger partial charge in [0.1, 0.15) is 11.6 Å². The Bertz CT molecular complexity index is 604. The van der Waals surface area contributed by atoms with E-state index >= 15 is 0 Å². The first kappa shape index (κ1) is 14.7. The highest BCUT2D eigenvalue weighted by molar-refractivity contribution is 5.54. The molecule has 1 aromatic heterocycles. The average Bonchev–Trinajstić information content (AvgIpc) is 2.52. The summed E-state index contributed by atoms with van der Waals surface area (Å²) in [6.45, 7) is 0.674. The zero-order chi connectivity index (χ0) is 15.1. The molecule has 2 aromatic rings. The molecule has 4 N–H and O–H groups in total. The molecule has 0 unspecified atom stereocenters. The molecule has 0 aliphatic rings. The maximum atomic E-state index is 10.8. The van der Waals surface area contributed by atoms with Gasteiger partial charge in [-0.2, -0.15) is 0 Å². The molecule has 0 radical (unpaired) electrons. The maximum absolute atomic E-state index is 10.8. The van der Waals surface area contributed by atoms with Gasteiger partial charge in [-0.3, -0.25) is 10.1 Å². The zero-order valence-electron chi connectivity index (χ0n) is 11.5. The van der Waals surface area contributed by atoms with Crippen LogP contribution in [0.5, 0.6) is 0 Å². The molecule has 110 valence electrons. The van der Waals surface area contributed by atoms with Crippen LogP contribution in [0.15, 0.2) is 42.5 Å². The van der Waals surface area contributed by atoms with Crippen molar-refractivity contribution in [2.24, 2.45) is 5.84 Å². The fourth-order valence-electron chi connectivity index (χ4n) is 1.94. The minimum atomic E-state index is -0.475. The van der Waals surface area contributed by atoms with Crippen LogP contribution >= 0.6 is 0 Å². The third-order valence-corrected chi connectivity index (χ3v) is 2.96. The molecule has 2 rings (SSSR count). The Morgan fingerprint density at radius 1 is 1.19 bits per heavy atom. The van der Waals surface area contributed by atoms with E-state index in [2.05, 4.69) is 27.9 Å². The topological polar surface area (TPSA) is 106 Å². The van der Waals surface area contributed by atoms with Gasteiger partial charge in [0.05, 0.1) is 17.1 Å². The number of hydrogen-bond acceptors (Lipinski definition) is 6. The van der Waals surface area contributed by atoms with Crippen LogP contribution in [-0.2, 0) is 6.42 Å². The Kier molecular flexibility index (Phi) is 5.05. The van der Waals surface area contributed by atoms with Gasteiger partial charge in [-0.25, -0.2) is 10.8 Å². The lowest BCUT2D eigenvalue weighted by Crippen LogP contribution is -2.11. The highest BCUT2D eigenvalue weighted by Gasteiger charge is 2.10. The van der Waals surface area contributed by atoms with Gasteiger partial charge < -0.3 is 10.7 Å². The van der Waals surface area contributed by atoms with Crippen molar-refractivity contribution in [2.75, 3.05) is 17.3 Å². The van der Waals surface area contributed by atoms with Gasteiger partial charge in [0.15, 0.2) is 0 Å². The number of aromatic nitrogens is 1. The first-order valence-corrected chi connectivity index (χ1v) is 6.60. The van der Waals surface area contributed by atoms with Crippen molar-refractivity contribution in [3.05, 3.63) is 58.1 Å². The number of aryl methyl sites for hydroxylation is 1. The van der Waals surface area contributed by atoms with Crippen LogP contribution in [0.3, 0.4) is 0 Å². The predicted molar refractivity (Wildman–Crippen MR) is 82.0 cm³/mol. The standard InChI is InChI=1S/C14H17N5O2/c15-18-14-10-12(19(20)21)9-13(17-14)16-8-4-7-11-5-2-1-3-6-11/h1-3,5-6,9-10H,4,7-8,15H2,(H2,16,17,18). The molecule has 0 saturated heterocycles. The molecular weight excluding hydrogens is 270 g/mol. The maximum Gasteiger partial charge on any atom is 0.276 e. The van der Waals surface area contributed by atoms with Gasteiger partial charge in [0.25, 0.3) is 5.69 Å². The van der Waals surface area contributed by atoms with Gasteiger partial charge in [-0.1, -0.05) is 30.3 Å². The fraction of sp³-hybridized carbons (Fsp3) is 0.214. The molecule has 0 aliphatic heterocycles. The summed E-state index contributed by atoms with van der Waals surface area (Å²) in [4.78, 5) is 14.5. The predicted octanol–water partition coefficient (Wildman–Crippen LogP) is 2.32. The van der Waals surface area contributed by atoms with Crippen molar-refractivity contribution in [1.29, 1.82) is 0 Å². The van der Waals surface area contributed by atoms with E-state index in [0.29, 0.717) is 12.4 Å². The van der Waals surface area contributed by atoms with E-state index in [-0.39, 0.29) is 11.5 Å². The monoisotopic (exact) mass is 287 g/mol. The number of pyridine rings is 1. The van der Waals surface area contributed by atoms with Crippen molar-refractivity contribution in [3.8, 4) is 0 Å². The molecule has 0 spiro atoms. The number of hydrogen-bond donors (Lipinski definition) is 3. The van der Waals surface area contributed by atoms with E-state index in [0.717, 1.165) is 12.8 Å². The molecule has 7 nitrogen and oxygen atoms in total. The molecule has 0 atom stereocenters. The number of rotatable bonds is 7. The minimum Gasteiger partial charge on any atom is -0.370 e. The lowest BCUT2D eigenvalue weighted by Gasteiger charge is -2.07. The largest absolute Gasteiger partial charge is 0.370 e. The quantitative estimate of drug-likeness (QED) is 0.312. The summed E-state index contributed by atoms with van der Waals surface area (Å²) in [6.07, 6.45) is 1.84. The molecular formula is C14H17N5O2. The molecule has 0 fully saturated rings. The Hall–Kier alpha value is -2.67. The lowest BCUT2D eigenvalue weighted by molar-refractivity contribution is -0.384. The Labute approximate surface area is 122 Å². The van der Waals surface area contributed by atoms with E-state index in [1.165, 1.54) is 17.7 Å². The van der Waals surface area contributed by atoms with E-state index in [1.807, 2.05) is 18.2 Å². The second kappa shape index (κ2) is 7.20. The van der Waals surface area contributed by atoms with Crippen LogP contribution in [0.25, 0.3) is 0 Å². The third-order valence-electron chi connectivity index (χ3n) is 2.96. The SMILES string of the molecule is NNc1cc([N+](=O)[O-])cc(NCCCc2ccccc2)n1. The molecule has 1 heterocycles. The summed E-state index contributed by atoms with van der Waals surface area (Å²) >= 11 is 0. The minimum absolute atomic E-state index is 0.0523. The number of benzene rings is 1. The van der Waals surface area contributed by atoms with Crippen LogP contribution in [-0.4, -0.2) is 16.5 Å². The smallest absolute Gasteiger partial charge is 0.276 e. The summed E-state index contributed by atoms with van der Waals surface area (Å²) in [6, 6.07) is 12.8. The summed E-state index contributed by atoms with van der Waals surface area (Å²) < 4.78 is 0. The molecule has 7 heteroatoms. The second-order valence-corrected chi connectivity index (χ2v) is 4.51. The van der Waals surface area contributed by atoms with Crippen molar-refractivity contribution in [3.63, 3.8) is 0 Å². The molecule has 21 heavy (non-hydrogen) atoms. The van der Waals surface area contributed by atoms with Crippen LogP contribution in [0.1, 0.15) is 12.0 Å². The number of hydrazine groups is 1. The van der Waals surface area contributed by atoms with Crippen LogP contribution in [0, 0.1) is 10.1 Å².